The van der Waals surface area contributed by atoms with Crippen molar-refractivity contribution in [3.05, 3.63) is 65.9 Å². The number of alkyl halides is 3. The van der Waals surface area contributed by atoms with Gasteiger partial charge in [-0.2, -0.15) is 23.3 Å². The molecule has 0 spiro atoms. The van der Waals surface area contributed by atoms with Gasteiger partial charge in [0.2, 0.25) is 5.95 Å². The second kappa shape index (κ2) is 7.38. The maximum atomic E-state index is 13.1. The number of rotatable bonds is 5. The first-order valence-corrected chi connectivity index (χ1v) is 7.95. The van der Waals surface area contributed by atoms with Crippen LogP contribution in [0.4, 0.5) is 36.3 Å². The Morgan fingerprint density at radius 2 is 1.62 bits per heavy atom. The fourth-order valence-corrected chi connectivity index (χ4v) is 2.47. The van der Waals surface area contributed by atoms with Crippen LogP contribution in [-0.4, -0.2) is 15.2 Å². The molecule has 0 bridgehead atoms. The molecule has 0 amide bonds. The molecule has 134 valence electrons. The van der Waals surface area contributed by atoms with Crippen LogP contribution in [-0.2, 0) is 12.6 Å². The van der Waals surface area contributed by atoms with E-state index in [0.29, 0.717) is 0 Å². The molecular weight excluding hydrogens is 343 g/mol. The highest BCUT2D eigenvalue weighted by molar-refractivity contribution is 5.63. The van der Waals surface area contributed by atoms with E-state index in [9.17, 15) is 13.2 Å². The Hall–Kier alpha value is -3.16. The van der Waals surface area contributed by atoms with Crippen LogP contribution in [0.25, 0.3) is 0 Å². The molecular formula is C18H16F3N5. The molecule has 0 atom stereocenters. The third-order valence-corrected chi connectivity index (χ3v) is 3.70. The van der Waals surface area contributed by atoms with Gasteiger partial charge in [-0.3, -0.25) is 0 Å². The molecule has 8 heteroatoms. The van der Waals surface area contributed by atoms with E-state index in [2.05, 4.69) is 25.8 Å². The van der Waals surface area contributed by atoms with Crippen molar-refractivity contribution in [2.45, 2.75) is 19.5 Å². The SMILES string of the molecule is CCc1ccccc1Nc1nncc(Nc2ccccc2C(F)(F)F)n1. The zero-order chi connectivity index (χ0) is 18.6. The van der Waals surface area contributed by atoms with Gasteiger partial charge in [-0.15, -0.1) is 5.10 Å². The first-order chi connectivity index (χ1) is 12.5. The van der Waals surface area contributed by atoms with Crippen LogP contribution in [0.1, 0.15) is 18.1 Å². The maximum Gasteiger partial charge on any atom is 0.418 e. The topological polar surface area (TPSA) is 62.7 Å². The van der Waals surface area contributed by atoms with E-state index in [1.54, 1.807) is 0 Å². The molecule has 1 heterocycles. The Balaban J connectivity index is 1.85. The minimum Gasteiger partial charge on any atom is -0.338 e. The number of aryl methyl sites for hydroxylation is 1. The van der Waals surface area contributed by atoms with Crippen molar-refractivity contribution in [2.24, 2.45) is 0 Å². The third-order valence-electron chi connectivity index (χ3n) is 3.70. The molecule has 3 rings (SSSR count). The van der Waals surface area contributed by atoms with Gasteiger partial charge in [0.1, 0.15) is 0 Å². The van der Waals surface area contributed by atoms with Gasteiger partial charge >= 0.3 is 6.18 Å². The number of anilines is 4. The Bertz CT molecular complexity index is 896. The molecule has 2 aromatic carbocycles. The Labute approximate surface area is 148 Å². The van der Waals surface area contributed by atoms with E-state index in [4.69, 9.17) is 0 Å². The standard InChI is InChI=1S/C18H16F3N5/c1-2-12-7-3-5-9-14(12)24-17-25-16(11-22-26-17)23-15-10-6-4-8-13(15)18(19,20)21/h3-11H,2H2,1H3,(H2,23,24,25,26). The average molecular weight is 359 g/mol. The van der Waals surface area contributed by atoms with Gasteiger partial charge in [0.15, 0.2) is 5.82 Å². The molecule has 3 aromatic rings. The minimum atomic E-state index is -4.47. The van der Waals surface area contributed by atoms with Gasteiger partial charge in [0, 0.05) is 5.69 Å². The summed E-state index contributed by atoms with van der Waals surface area (Å²) in [4.78, 5) is 4.20. The highest BCUT2D eigenvalue weighted by Gasteiger charge is 2.33. The largest absolute Gasteiger partial charge is 0.418 e. The predicted octanol–water partition coefficient (Wildman–Crippen LogP) is 4.94. The summed E-state index contributed by atoms with van der Waals surface area (Å²) < 4.78 is 39.3. The van der Waals surface area contributed by atoms with E-state index in [-0.39, 0.29) is 17.5 Å². The van der Waals surface area contributed by atoms with Crippen LogP contribution >= 0.6 is 0 Å². The number of aromatic nitrogens is 3. The lowest BCUT2D eigenvalue weighted by Gasteiger charge is -2.14. The van der Waals surface area contributed by atoms with Crippen LogP contribution in [0.2, 0.25) is 0 Å². The molecule has 2 N–H and O–H groups in total. The van der Waals surface area contributed by atoms with Gasteiger partial charge in [-0.25, -0.2) is 0 Å². The minimum absolute atomic E-state index is 0.0968. The Kier molecular flexibility index (Phi) is 5.01. The highest BCUT2D eigenvalue weighted by atomic mass is 19.4. The van der Waals surface area contributed by atoms with Crippen molar-refractivity contribution in [2.75, 3.05) is 10.6 Å². The summed E-state index contributed by atoms with van der Waals surface area (Å²) in [6, 6.07) is 12.8. The lowest BCUT2D eigenvalue weighted by atomic mass is 10.1. The van der Waals surface area contributed by atoms with Crippen LogP contribution in [0.5, 0.6) is 0 Å². The normalized spacial score (nSPS) is 11.2. The fraction of sp³-hybridized carbons (Fsp3) is 0.167. The van der Waals surface area contributed by atoms with Crippen LogP contribution < -0.4 is 10.6 Å². The summed E-state index contributed by atoms with van der Waals surface area (Å²) in [6.07, 6.45) is -2.39. The van der Waals surface area contributed by atoms with E-state index < -0.39 is 11.7 Å². The number of para-hydroxylation sites is 2. The average Bonchev–Trinajstić information content (AvgIpc) is 2.62. The lowest BCUT2D eigenvalue weighted by Crippen LogP contribution is -2.10. The van der Waals surface area contributed by atoms with Gasteiger partial charge in [0.25, 0.3) is 0 Å². The van der Waals surface area contributed by atoms with Crippen molar-refractivity contribution in [1.82, 2.24) is 15.2 Å². The molecule has 0 unspecified atom stereocenters. The summed E-state index contributed by atoms with van der Waals surface area (Å²) in [5.41, 5.74) is 1.02. The van der Waals surface area contributed by atoms with Crippen molar-refractivity contribution in [3.63, 3.8) is 0 Å². The summed E-state index contributed by atoms with van der Waals surface area (Å²) in [5.74, 6) is 0.355. The van der Waals surface area contributed by atoms with Crippen LogP contribution in [0.3, 0.4) is 0 Å². The molecule has 0 aliphatic carbocycles. The van der Waals surface area contributed by atoms with Crippen molar-refractivity contribution >= 4 is 23.1 Å². The number of hydrogen-bond acceptors (Lipinski definition) is 5. The number of nitrogens with zero attached hydrogens (tertiary/aromatic N) is 3. The summed E-state index contributed by atoms with van der Waals surface area (Å²) in [5, 5.41) is 13.4. The first kappa shape index (κ1) is 17.7. The van der Waals surface area contributed by atoms with Crippen molar-refractivity contribution in [3.8, 4) is 0 Å². The molecule has 1 aromatic heterocycles. The Morgan fingerprint density at radius 3 is 2.35 bits per heavy atom. The van der Waals surface area contributed by atoms with Crippen molar-refractivity contribution in [1.29, 1.82) is 0 Å². The third kappa shape index (κ3) is 4.08. The van der Waals surface area contributed by atoms with E-state index in [1.165, 1.54) is 24.4 Å². The monoisotopic (exact) mass is 359 g/mol. The Morgan fingerprint density at radius 1 is 0.923 bits per heavy atom. The first-order valence-electron chi connectivity index (χ1n) is 7.95. The molecule has 0 radical (unpaired) electrons. The summed E-state index contributed by atoms with van der Waals surface area (Å²) >= 11 is 0. The number of nitrogens with one attached hydrogen (secondary N) is 2. The highest BCUT2D eigenvalue weighted by Crippen LogP contribution is 2.35. The zero-order valence-electron chi connectivity index (χ0n) is 13.9. The second-order valence-corrected chi connectivity index (χ2v) is 5.47. The molecule has 0 saturated carbocycles. The van der Waals surface area contributed by atoms with Gasteiger partial charge in [-0.1, -0.05) is 37.3 Å². The van der Waals surface area contributed by atoms with E-state index >= 15 is 0 Å². The van der Waals surface area contributed by atoms with Crippen molar-refractivity contribution < 1.29 is 13.2 Å². The summed E-state index contributed by atoms with van der Waals surface area (Å²) in [7, 11) is 0. The number of benzene rings is 2. The van der Waals surface area contributed by atoms with Crippen LogP contribution in [0, 0.1) is 0 Å². The zero-order valence-corrected chi connectivity index (χ0v) is 13.9. The summed E-state index contributed by atoms with van der Waals surface area (Å²) in [6.45, 7) is 2.02. The maximum absolute atomic E-state index is 13.1. The molecule has 0 aliphatic rings. The van der Waals surface area contributed by atoms with E-state index in [1.807, 2.05) is 31.2 Å². The van der Waals surface area contributed by atoms with E-state index in [0.717, 1.165) is 23.7 Å². The number of halogens is 3. The van der Waals surface area contributed by atoms with Gasteiger partial charge in [0.05, 0.1) is 17.4 Å². The smallest absolute Gasteiger partial charge is 0.338 e. The fourth-order valence-electron chi connectivity index (χ4n) is 2.47. The molecule has 5 nitrogen and oxygen atoms in total. The molecule has 0 fully saturated rings. The second-order valence-electron chi connectivity index (χ2n) is 5.47. The van der Waals surface area contributed by atoms with Gasteiger partial charge in [-0.05, 0) is 30.2 Å². The number of hydrogen-bond donors (Lipinski definition) is 2. The molecule has 0 aliphatic heterocycles. The lowest BCUT2D eigenvalue weighted by molar-refractivity contribution is -0.136. The molecule has 0 saturated heterocycles. The molecule has 26 heavy (non-hydrogen) atoms. The quantitative estimate of drug-likeness (QED) is 0.676. The predicted molar refractivity (Wildman–Crippen MR) is 93.7 cm³/mol. The van der Waals surface area contributed by atoms with Gasteiger partial charge < -0.3 is 10.6 Å². The van der Waals surface area contributed by atoms with Crippen LogP contribution in [0.15, 0.2) is 54.7 Å².